The van der Waals surface area contributed by atoms with Gasteiger partial charge in [-0.05, 0) is 57.3 Å². The minimum absolute atomic E-state index is 0.0215. The molecule has 3 heterocycles. The Kier molecular flexibility index (Phi) is 6.81. The van der Waals surface area contributed by atoms with E-state index < -0.39 is 21.9 Å². The van der Waals surface area contributed by atoms with Crippen LogP contribution in [0.5, 0.6) is 0 Å². The van der Waals surface area contributed by atoms with Gasteiger partial charge in [0.25, 0.3) is 5.91 Å². The van der Waals surface area contributed by atoms with E-state index in [1.807, 2.05) is 32.0 Å². The number of anilines is 2. The van der Waals surface area contributed by atoms with Crippen LogP contribution in [0.3, 0.4) is 0 Å². The minimum atomic E-state index is -4.38. The Hall–Kier alpha value is -3.08. The summed E-state index contributed by atoms with van der Waals surface area (Å²) in [6.45, 7) is 4.33. The van der Waals surface area contributed by atoms with Gasteiger partial charge in [-0.3, -0.25) is 9.78 Å². The number of nitrogens with one attached hydrogen (secondary N) is 1. The number of benzene rings is 1. The Balaban J connectivity index is 2.01. The molecule has 0 aliphatic carbocycles. The van der Waals surface area contributed by atoms with Gasteiger partial charge in [-0.2, -0.15) is 8.42 Å². The predicted octanol–water partition coefficient (Wildman–Crippen LogP) is 4.38. The lowest BCUT2D eigenvalue weighted by molar-refractivity contribution is 0.0980. The molecule has 4 rings (SSSR count). The minimum Gasteiger partial charge on any atom is -0.304 e. The Labute approximate surface area is 208 Å². The lowest BCUT2D eigenvalue weighted by Gasteiger charge is -2.32. The summed E-state index contributed by atoms with van der Waals surface area (Å²) < 4.78 is 44.3. The number of halogens is 2. The number of carbonyl (C=O) groups is 1. The van der Waals surface area contributed by atoms with E-state index in [1.165, 1.54) is 24.3 Å². The summed E-state index contributed by atoms with van der Waals surface area (Å²) in [5.74, 6) is -1.59. The fourth-order valence-corrected chi connectivity index (χ4v) is 5.64. The van der Waals surface area contributed by atoms with Gasteiger partial charge < -0.3 is 4.90 Å². The normalized spacial score (nSPS) is 14.7. The number of hydrogen-bond acceptors (Lipinski definition) is 6. The zero-order chi connectivity index (χ0) is 25.5. The Morgan fingerprint density at radius 3 is 2.51 bits per heavy atom. The summed E-state index contributed by atoms with van der Waals surface area (Å²) in [4.78, 5) is 23.8. The molecule has 11 heteroatoms. The summed E-state index contributed by atoms with van der Waals surface area (Å²) in [6, 6.07) is 9.01. The van der Waals surface area contributed by atoms with Crippen LogP contribution in [0.4, 0.5) is 15.9 Å². The molecule has 1 amide bonds. The standard InChI is InChI=1S/C24H25ClFN5O3S/c1-5-8-20-22(14(2)11-15(27-20)13-30(3)4)31-23-17(24(32)29-35(31,33)34)12-18(25)21(28-23)16-9-6-7-10-19(16)26/h6-7,9-12H,5,8,13H2,1-4H3,(H,29,32). The third-order valence-corrected chi connectivity index (χ3v) is 7.03. The molecule has 1 N–H and O–H groups in total. The molecule has 8 nitrogen and oxygen atoms in total. The highest BCUT2D eigenvalue weighted by molar-refractivity contribution is 7.92. The fourth-order valence-electron chi connectivity index (χ4n) is 4.10. The van der Waals surface area contributed by atoms with Gasteiger partial charge in [0.15, 0.2) is 5.82 Å². The molecule has 1 aromatic carbocycles. The zero-order valence-electron chi connectivity index (χ0n) is 19.8. The molecule has 0 bridgehead atoms. The van der Waals surface area contributed by atoms with Crippen molar-refractivity contribution in [3.63, 3.8) is 0 Å². The van der Waals surface area contributed by atoms with Crippen molar-refractivity contribution in [2.24, 2.45) is 0 Å². The molecule has 184 valence electrons. The van der Waals surface area contributed by atoms with E-state index in [0.29, 0.717) is 36.3 Å². The molecular formula is C24H25ClFN5O3S. The van der Waals surface area contributed by atoms with Crippen LogP contribution >= 0.6 is 11.6 Å². The SMILES string of the molecule is CCCc1nc(CN(C)C)cc(C)c1N1c2nc(-c3ccccc3F)c(Cl)cc2C(=O)NS1(=O)=O. The molecule has 0 radical (unpaired) electrons. The van der Waals surface area contributed by atoms with Crippen molar-refractivity contribution in [1.82, 2.24) is 19.6 Å². The van der Waals surface area contributed by atoms with Gasteiger partial charge in [-0.1, -0.05) is 37.1 Å². The van der Waals surface area contributed by atoms with Crippen molar-refractivity contribution < 1.29 is 17.6 Å². The van der Waals surface area contributed by atoms with Crippen LogP contribution in [0, 0.1) is 12.7 Å². The lowest BCUT2D eigenvalue weighted by Crippen LogP contribution is -2.47. The van der Waals surface area contributed by atoms with Crippen molar-refractivity contribution in [2.45, 2.75) is 33.2 Å². The summed E-state index contributed by atoms with van der Waals surface area (Å²) in [7, 11) is -0.537. The largest absolute Gasteiger partial charge is 0.332 e. The summed E-state index contributed by atoms with van der Waals surface area (Å²) in [6.07, 6.45) is 1.22. The van der Waals surface area contributed by atoms with Gasteiger partial charge >= 0.3 is 10.2 Å². The molecule has 0 fully saturated rings. The van der Waals surface area contributed by atoms with Crippen LogP contribution in [0.15, 0.2) is 36.4 Å². The van der Waals surface area contributed by atoms with Gasteiger partial charge in [0.2, 0.25) is 0 Å². The Bertz CT molecular complexity index is 1430. The molecule has 0 spiro atoms. The highest BCUT2D eigenvalue weighted by atomic mass is 35.5. The quantitative estimate of drug-likeness (QED) is 0.521. The summed E-state index contributed by atoms with van der Waals surface area (Å²) >= 11 is 6.39. The van der Waals surface area contributed by atoms with Gasteiger partial charge in [-0.15, -0.1) is 0 Å². The van der Waals surface area contributed by atoms with Crippen molar-refractivity contribution in [2.75, 3.05) is 18.4 Å². The maximum absolute atomic E-state index is 14.6. The molecule has 1 aliphatic rings. The molecule has 0 atom stereocenters. The number of amides is 1. The number of nitrogens with zero attached hydrogens (tertiary/aromatic N) is 4. The van der Waals surface area contributed by atoms with Crippen LogP contribution in [-0.2, 0) is 23.2 Å². The first kappa shape index (κ1) is 25.0. The van der Waals surface area contributed by atoms with Crippen LogP contribution in [0.25, 0.3) is 11.3 Å². The molecule has 0 saturated heterocycles. The molecule has 3 aromatic rings. The van der Waals surface area contributed by atoms with Gasteiger partial charge in [0.1, 0.15) is 5.82 Å². The van der Waals surface area contributed by atoms with Crippen LogP contribution < -0.4 is 9.03 Å². The lowest BCUT2D eigenvalue weighted by atomic mass is 10.1. The molecular weight excluding hydrogens is 493 g/mol. The second-order valence-corrected chi connectivity index (χ2v) is 10.5. The van der Waals surface area contributed by atoms with Crippen LogP contribution in [-0.4, -0.2) is 43.3 Å². The zero-order valence-corrected chi connectivity index (χ0v) is 21.3. The van der Waals surface area contributed by atoms with E-state index >= 15 is 0 Å². The number of rotatable bonds is 6. The number of aromatic nitrogens is 2. The molecule has 0 unspecified atom stereocenters. The highest BCUT2D eigenvalue weighted by Crippen LogP contribution is 2.41. The number of pyridine rings is 2. The average molecular weight is 518 g/mol. The first-order valence-corrected chi connectivity index (χ1v) is 12.8. The summed E-state index contributed by atoms with van der Waals surface area (Å²) in [5.41, 5.74) is 2.39. The van der Waals surface area contributed by atoms with Gasteiger partial charge in [-0.25, -0.2) is 18.4 Å². The van der Waals surface area contributed by atoms with E-state index in [-0.39, 0.29) is 27.7 Å². The summed E-state index contributed by atoms with van der Waals surface area (Å²) in [5, 5.41) is 0.0215. The van der Waals surface area contributed by atoms with E-state index in [9.17, 15) is 17.6 Å². The second kappa shape index (κ2) is 9.52. The van der Waals surface area contributed by atoms with Crippen molar-refractivity contribution in [3.05, 3.63) is 69.8 Å². The Morgan fingerprint density at radius 1 is 1.14 bits per heavy atom. The average Bonchev–Trinajstić information content (AvgIpc) is 2.75. The first-order valence-electron chi connectivity index (χ1n) is 11.0. The number of carbonyl (C=O) groups excluding carboxylic acids is 1. The van der Waals surface area contributed by atoms with E-state index in [1.54, 1.807) is 13.0 Å². The number of aryl methyl sites for hydroxylation is 2. The smallest absolute Gasteiger partial charge is 0.304 e. The van der Waals surface area contributed by atoms with Crippen molar-refractivity contribution >= 4 is 39.2 Å². The van der Waals surface area contributed by atoms with E-state index in [2.05, 4.69) is 9.71 Å². The second-order valence-electron chi connectivity index (χ2n) is 8.58. The Morgan fingerprint density at radius 2 is 1.86 bits per heavy atom. The van der Waals surface area contributed by atoms with E-state index in [0.717, 1.165) is 10.00 Å². The fraction of sp³-hybridized carbons (Fsp3) is 0.292. The third-order valence-electron chi connectivity index (χ3n) is 5.46. The predicted molar refractivity (Wildman–Crippen MR) is 134 cm³/mol. The maximum atomic E-state index is 14.6. The molecule has 0 saturated carbocycles. The number of fused-ring (bicyclic) bond motifs is 1. The van der Waals surface area contributed by atoms with E-state index in [4.69, 9.17) is 16.6 Å². The first-order chi connectivity index (χ1) is 16.5. The van der Waals surface area contributed by atoms with Crippen LogP contribution in [0.1, 0.15) is 40.7 Å². The van der Waals surface area contributed by atoms with Crippen molar-refractivity contribution in [3.8, 4) is 11.3 Å². The highest BCUT2D eigenvalue weighted by Gasteiger charge is 2.40. The van der Waals surface area contributed by atoms with Gasteiger partial charge in [0, 0.05) is 12.1 Å². The van der Waals surface area contributed by atoms with Crippen LogP contribution in [0.2, 0.25) is 5.02 Å². The maximum Gasteiger partial charge on any atom is 0.332 e. The molecule has 35 heavy (non-hydrogen) atoms. The van der Waals surface area contributed by atoms with Crippen molar-refractivity contribution in [1.29, 1.82) is 0 Å². The molecule has 1 aliphatic heterocycles. The number of hydrogen-bond donors (Lipinski definition) is 1. The third kappa shape index (κ3) is 4.73. The van der Waals surface area contributed by atoms with Gasteiger partial charge in [0.05, 0.1) is 33.4 Å². The molecule has 2 aromatic heterocycles. The monoisotopic (exact) mass is 517 g/mol. The topological polar surface area (TPSA) is 95.5 Å².